The van der Waals surface area contributed by atoms with Crippen LogP contribution in [0.15, 0.2) is 36.7 Å². The van der Waals surface area contributed by atoms with Gasteiger partial charge in [-0.2, -0.15) is 0 Å². The van der Waals surface area contributed by atoms with Gasteiger partial charge in [-0.3, -0.25) is 4.90 Å². The molecule has 0 atom stereocenters. The number of likely N-dealkylation sites (N-methyl/N-ethyl adjacent to an activating group) is 1. The fraction of sp³-hybridized carbons (Fsp3) is 0.407. The number of hydrogen-bond donors (Lipinski definition) is 1. The average Bonchev–Trinajstić information content (AvgIpc) is 3.31. The second kappa shape index (κ2) is 11.0. The van der Waals surface area contributed by atoms with E-state index in [-0.39, 0.29) is 34.6 Å². The first-order chi connectivity index (χ1) is 18.4. The van der Waals surface area contributed by atoms with E-state index in [1.54, 1.807) is 16.8 Å². The largest absolute Gasteiger partial charge is 0.323 e. The molecule has 0 saturated carbocycles. The highest BCUT2D eigenvalue weighted by Gasteiger charge is 2.20. The molecule has 1 N–H and O–H groups in total. The molecular weight excluding hydrogens is 493 g/mol. The summed E-state index contributed by atoms with van der Waals surface area (Å²) in [4.78, 5) is 21.7. The van der Waals surface area contributed by atoms with E-state index in [2.05, 4.69) is 42.0 Å². The molecule has 1 fully saturated rings. The Morgan fingerprint density at radius 3 is 2.37 bits per heavy atom. The Kier molecular flexibility index (Phi) is 7.57. The number of imidazole rings is 1. The second-order valence-electron chi connectivity index (χ2n) is 9.73. The zero-order valence-electron chi connectivity index (χ0n) is 21.8. The van der Waals surface area contributed by atoms with Crippen LogP contribution in [0.4, 0.5) is 24.9 Å². The van der Waals surface area contributed by atoms with Crippen molar-refractivity contribution in [3.63, 3.8) is 0 Å². The van der Waals surface area contributed by atoms with Crippen molar-refractivity contribution in [3.8, 4) is 11.3 Å². The molecule has 1 aliphatic heterocycles. The number of halogens is 3. The first kappa shape index (κ1) is 26.1. The number of hydrogen-bond acceptors (Lipinski definition) is 7. The quantitative estimate of drug-likeness (QED) is 0.344. The molecule has 0 radical (unpaired) electrons. The Morgan fingerprint density at radius 2 is 1.71 bits per heavy atom. The molecule has 3 aromatic heterocycles. The van der Waals surface area contributed by atoms with Crippen LogP contribution in [0.2, 0.25) is 0 Å². The van der Waals surface area contributed by atoms with Gasteiger partial charge < -0.3 is 14.8 Å². The molecule has 8 nitrogen and oxygen atoms in total. The summed E-state index contributed by atoms with van der Waals surface area (Å²) in [6.07, 6.45) is 2.83. The average molecular weight is 525 g/mol. The van der Waals surface area contributed by atoms with Gasteiger partial charge in [-0.1, -0.05) is 13.0 Å². The number of anilines is 2. The van der Waals surface area contributed by atoms with E-state index in [1.807, 2.05) is 26.0 Å². The highest BCUT2D eigenvalue weighted by molar-refractivity contribution is 5.83. The van der Waals surface area contributed by atoms with Crippen molar-refractivity contribution in [2.75, 3.05) is 38.0 Å². The van der Waals surface area contributed by atoms with Gasteiger partial charge in [0.25, 0.3) is 0 Å². The summed E-state index contributed by atoms with van der Waals surface area (Å²) >= 11 is 0. The molecule has 0 bridgehead atoms. The van der Waals surface area contributed by atoms with Gasteiger partial charge >= 0.3 is 0 Å². The molecule has 11 heteroatoms. The maximum absolute atomic E-state index is 15.0. The highest BCUT2D eigenvalue weighted by atomic mass is 19.1. The van der Waals surface area contributed by atoms with Crippen LogP contribution < -0.4 is 5.32 Å². The van der Waals surface area contributed by atoms with Crippen LogP contribution in [-0.4, -0.2) is 67.0 Å². The van der Waals surface area contributed by atoms with E-state index in [1.165, 1.54) is 0 Å². The van der Waals surface area contributed by atoms with E-state index in [4.69, 9.17) is 0 Å². The van der Waals surface area contributed by atoms with Crippen LogP contribution in [0, 0.1) is 11.6 Å². The van der Waals surface area contributed by atoms with Crippen molar-refractivity contribution in [1.29, 1.82) is 0 Å². The number of nitrogens with one attached hydrogen (secondary N) is 1. The van der Waals surface area contributed by atoms with E-state index in [9.17, 15) is 13.2 Å². The predicted octanol–water partition coefficient (Wildman–Crippen LogP) is 5.10. The third-order valence-electron chi connectivity index (χ3n) is 6.86. The van der Waals surface area contributed by atoms with Gasteiger partial charge in [-0.25, -0.2) is 33.1 Å². The van der Waals surface area contributed by atoms with Crippen LogP contribution in [-0.2, 0) is 13.2 Å². The molecule has 38 heavy (non-hydrogen) atoms. The number of pyridine rings is 1. The Balaban J connectivity index is 1.36. The fourth-order valence-electron chi connectivity index (χ4n) is 4.87. The molecule has 4 heterocycles. The third-order valence-corrected chi connectivity index (χ3v) is 6.86. The lowest BCUT2D eigenvalue weighted by molar-refractivity contribution is 0.132. The third kappa shape index (κ3) is 5.34. The molecule has 1 aromatic carbocycles. The Labute approximate surface area is 219 Å². The van der Waals surface area contributed by atoms with Gasteiger partial charge in [0.05, 0.1) is 11.7 Å². The number of alkyl halides is 1. The molecule has 0 spiro atoms. The van der Waals surface area contributed by atoms with Crippen LogP contribution in [0.1, 0.15) is 38.2 Å². The number of piperazine rings is 1. The summed E-state index contributed by atoms with van der Waals surface area (Å²) in [7, 11) is 0. The standard InChI is InChI=1S/C27H31F3N8/c1-4-36-7-9-37(10-8-36)16-18-5-6-23(31-14-18)33-27-32-15-21(30)25(35-27)19-11-20(29)26-22(12-19)38(17(2)3)24(13-28)34-26/h5-6,11-12,14-15,17H,4,7-10,13,16H2,1-3H3,(H,31,32,33,35). The van der Waals surface area contributed by atoms with E-state index in [0.29, 0.717) is 11.3 Å². The maximum Gasteiger partial charge on any atom is 0.229 e. The lowest BCUT2D eigenvalue weighted by atomic mass is 10.1. The lowest BCUT2D eigenvalue weighted by Gasteiger charge is -2.33. The predicted molar refractivity (Wildman–Crippen MR) is 141 cm³/mol. The summed E-state index contributed by atoms with van der Waals surface area (Å²) in [5.74, 6) is -0.627. The first-order valence-corrected chi connectivity index (χ1v) is 12.8. The van der Waals surface area contributed by atoms with Crippen LogP contribution in [0.25, 0.3) is 22.3 Å². The smallest absolute Gasteiger partial charge is 0.229 e. The first-order valence-electron chi connectivity index (χ1n) is 12.8. The Morgan fingerprint density at radius 1 is 0.947 bits per heavy atom. The van der Waals surface area contributed by atoms with Gasteiger partial charge in [0, 0.05) is 50.5 Å². The van der Waals surface area contributed by atoms with Gasteiger partial charge in [0.1, 0.15) is 29.5 Å². The van der Waals surface area contributed by atoms with Gasteiger partial charge in [-0.05, 0) is 44.2 Å². The molecule has 200 valence electrons. The number of aromatic nitrogens is 5. The van der Waals surface area contributed by atoms with E-state index in [0.717, 1.165) is 57.1 Å². The van der Waals surface area contributed by atoms with Crippen molar-refractivity contribution in [2.24, 2.45) is 0 Å². The molecular formula is C27H31F3N8. The zero-order chi connectivity index (χ0) is 26.8. The monoisotopic (exact) mass is 524 g/mol. The number of benzene rings is 1. The summed E-state index contributed by atoms with van der Waals surface area (Å²) in [6.45, 7) is 11.1. The Hall–Kier alpha value is -3.57. The zero-order valence-corrected chi connectivity index (χ0v) is 21.8. The van der Waals surface area contributed by atoms with Crippen molar-refractivity contribution in [1.82, 2.24) is 34.3 Å². The van der Waals surface area contributed by atoms with Crippen LogP contribution >= 0.6 is 0 Å². The lowest BCUT2D eigenvalue weighted by Crippen LogP contribution is -2.45. The normalized spacial score (nSPS) is 15.0. The van der Waals surface area contributed by atoms with Crippen LogP contribution in [0.3, 0.4) is 0 Å². The molecule has 5 rings (SSSR count). The maximum atomic E-state index is 15.0. The Bertz CT molecular complexity index is 1410. The second-order valence-corrected chi connectivity index (χ2v) is 9.73. The number of nitrogens with zero attached hydrogens (tertiary/aromatic N) is 7. The van der Waals surface area contributed by atoms with Gasteiger partial charge in [0.15, 0.2) is 11.6 Å². The molecule has 1 aliphatic rings. The highest BCUT2D eigenvalue weighted by Crippen LogP contribution is 2.31. The number of fused-ring (bicyclic) bond motifs is 1. The van der Waals surface area contributed by atoms with E-state index >= 15 is 0 Å². The van der Waals surface area contributed by atoms with Crippen molar-refractivity contribution in [2.45, 2.75) is 40.0 Å². The fourth-order valence-corrected chi connectivity index (χ4v) is 4.87. The van der Waals surface area contributed by atoms with Crippen molar-refractivity contribution >= 4 is 22.8 Å². The van der Waals surface area contributed by atoms with Gasteiger partial charge in [0.2, 0.25) is 5.95 Å². The summed E-state index contributed by atoms with van der Waals surface area (Å²) in [6, 6.07) is 6.39. The molecule has 0 amide bonds. The van der Waals surface area contributed by atoms with E-state index < -0.39 is 18.3 Å². The summed E-state index contributed by atoms with van der Waals surface area (Å²) in [5, 5.41) is 3.00. The van der Waals surface area contributed by atoms with Gasteiger partial charge in [-0.15, -0.1) is 0 Å². The summed E-state index contributed by atoms with van der Waals surface area (Å²) in [5.41, 5.74) is 1.64. The SMILES string of the molecule is CCN1CCN(Cc2ccc(Nc3ncc(F)c(-c4cc(F)c5nc(CF)n(C(C)C)c5c4)n3)nc2)CC1. The minimum absolute atomic E-state index is 0.0412. The summed E-state index contributed by atoms with van der Waals surface area (Å²) < 4.78 is 44.9. The minimum Gasteiger partial charge on any atom is -0.323 e. The van der Waals surface area contributed by atoms with Crippen molar-refractivity contribution in [3.05, 3.63) is 59.7 Å². The minimum atomic E-state index is -0.834. The van der Waals surface area contributed by atoms with Crippen LogP contribution in [0.5, 0.6) is 0 Å². The number of rotatable bonds is 8. The van der Waals surface area contributed by atoms with Crippen molar-refractivity contribution < 1.29 is 13.2 Å². The molecule has 0 unspecified atom stereocenters. The topological polar surface area (TPSA) is 75.0 Å². The molecule has 4 aromatic rings. The molecule has 0 aliphatic carbocycles. The molecule has 1 saturated heterocycles.